The van der Waals surface area contributed by atoms with Crippen molar-refractivity contribution < 1.29 is 15.0 Å². The van der Waals surface area contributed by atoms with Crippen molar-refractivity contribution in [3.8, 4) is 0 Å². The van der Waals surface area contributed by atoms with Crippen LogP contribution in [0.1, 0.15) is 181 Å². The van der Waals surface area contributed by atoms with Gasteiger partial charge in [0.1, 0.15) is 0 Å². The van der Waals surface area contributed by atoms with Gasteiger partial charge >= 0.3 is 0 Å². The fourth-order valence-electron chi connectivity index (χ4n) is 5.06. The van der Waals surface area contributed by atoms with E-state index in [1.807, 2.05) is 0 Å². The molecule has 0 aliphatic heterocycles. The molecule has 3 N–H and O–H groups in total. The van der Waals surface area contributed by atoms with Gasteiger partial charge in [0.05, 0.1) is 18.8 Å². The first-order valence-corrected chi connectivity index (χ1v) is 16.2. The molecule has 1 amide bonds. The molecule has 2 unspecified atom stereocenters. The van der Waals surface area contributed by atoms with Gasteiger partial charge in [-0.25, -0.2) is 0 Å². The SMILES string of the molecule is CCCCCCCCCCCCCCCCCCCCCC(=O)NC(CO)C(O)CCCCCCC. The number of rotatable bonds is 29. The molecule has 0 rings (SSSR count). The molecule has 0 aliphatic carbocycles. The molecule has 0 saturated heterocycles. The molecule has 0 aromatic heterocycles. The summed E-state index contributed by atoms with van der Waals surface area (Å²) in [6.07, 6.45) is 31.8. The quantitative estimate of drug-likeness (QED) is 0.0877. The van der Waals surface area contributed by atoms with Crippen molar-refractivity contribution in [2.75, 3.05) is 6.61 Å². The Hall–Kier alpha value is -0.610. The van der Waals surface area contributed by atoms with E-state index in [4.69, 9.17) is 0 Å². The fraction of sp³-hybridized carbons (Fsp3) is 0.969. The standard InChI is InChI=1S/C32H65NO3/c1-3-5-7-9-10-11-12-13-14-15-16-17-18-19-20-21-22-24-26-28-32(36)33-30(29-34)31(35)27-25-23-8-6-4-2/h30-31,34-35H,3-29H2,1-2H3,(H,33,36). The van der Waals surface area contributed by atoms with Crippen LogP contribution in [0.3, 0.4) is 0 Å². The lowest BCUT2D eigenvalue weighted by Gasteiger charge is -2.22. The predicted octanol–water partition coefficient (Wildman–Crippen LogP) is 9.01. The van der Waals surface area contributed by atoms with Crippen LogP contribution in [0.25, 0.3) is 0 Å². The van der Waals surface area contributed by atoms with Gasteiger partial charge in [0.25, 0.3) is 0 Å². The molecule has 0 aliphatic rings. The third-order valence-electron chi connectivity index (χ3n) is 7.62. The summed E-state index contributed by atoms with van der Waals surface area (Å²) in [6.45, 7) is 4.28. The minimum atomic E-state index is -0.648. The summed E-state index contributed by atoms with van der Waals surface area (Å²) >= 11 is 0. The van der Waals surface area contributed by atoms with Crippen LogP contribution in [0.5, 0.6) is 0 Å². The molecule has 216 valence electrons. The molecule has 0 heterocycles. The molecule has 0 saturated carbocycles. The monoisotopic (exact) mass is 511 g/mol. The van der Waals surface area contributed by atoms with Crippen LogP contribution in [-0.4, -0.2) is 34.9 Å². The normalized spacial score (nSPS) is 13.1. The first kappa shape index (κ1) is 35.4. The number of hydrogen-bond acceptors (Lipinski definition) is 3. The van der Waals surface area contributed by atoms with Gasteiger partial charge in [-0.2, -0.15) is 0 Å². The van der Waals surface area contributed by atoms with Gasteiger partial charge in [-0.15, -0.1) is 0 Å². The predicted molar refractivity (Wildman–Crippen MR) is 156 cm³/mol. The van der Waals surface area contributed by atoms with Gasteiger partial charge < -0.3 is 15.5 Å². The highest BCUT2D eigenvalue weighted by atomic mass is 16.3. The highest BCUT2D eigenvalue weighted by Gasteiger charge is 2.19. The van der Waals surface area contributed by atoms with Crippen LogP contribution in [0.4, 0.5) is 0 Å². The van der Waals surface area contributed by atoms with E-state index >= 15 is 0 Å². The molecule has 4 heteroatoms. The summed E-state index contributed by atoms with van der Waals surface area (Å²) in [5.74, 6) is -0.0361. The van der Waals surface area contributed by atoms with Crippen LogP contribution in [-0.2, 0) is 4.79 Å². The number of unbranched alkanes of at least 4 members (excludes halogenated alkanes) is 22. The molecule has 0 aromatic carbocycles. The molecular formula is C32H65NO3. The molecular weight excluding hydrogens is 446 g/mol. The Labute approximate surface area is 225 Å². The van der Waals surface area contributed by atoms with Crippen molar-refractivity contribution in [2.45, 2.75) is 193 Å². The Balaban J connectivity index is 3.42. The smallest absolute Gasteiger partial charge is 0.220 e. The second-order valence-electron chi connectivity index (χ2n) is 11.2. The second-order valence-corrected chi connectivity index (χ2v) is 11.2. The Morgan fingerprint density at radius 1 is 0.556 bits per heavy atom. The number of hydrogen-bond donors (Lipinski definition) is 3. The van der Waals surface area contributed by atoms with Crippen LogP contribution >= 0.6 is 0 Å². The van der Waals surface area contributed by atoms with Crippen molar-refractivity contribution in [3.05, 3.63) is 0 Å². The average Bonchev–Trinajstić information content (AvgIpc) is 2.88. The van der Waals surface area contributed by atoms with Gasteiger partial charge in [-0.05, 0) is 12.8 Å². The Morgan fingerprint density at radius 2 is 0.889 bits per heavy atom. The van der Waals surface area contributed by atoms with Crippen molar-refractivity contribution in [1.82, 2.24) is 5.32 Å². The first-order chi connectivity index (χ1) is 17.7. The van der Waals surface area contributed by atoms with E-state index in [-0.39, 0.29) is 12.5 Å². The van der Waals surface area contributed by atoms with Crippen LogP contribution in [0.15, 0.2) is 0 Å². The number of amides is 1. The molecule has 36 heavy (non-hydrogen) atoms. The highest BCUT2D eigenvalue weighted by molar-refractivity contribution is 5.76. The zero-order valence-corrected chi connectivity index (χ0v) is 24.5. The zero-order valence-electron chi connectivity index (χ0n) is 24.5. The summed E-state index contributed by atoms with van der Waals surface area (Å²) in [4.78, 5) is 12.2. The van der Waals surface area contributed by atoms with E-state index in [1.54, 1.807) is 0 Å². The summed E-state index contributed by atoms with van der Waals surface area (Å²) in [6, 6.07) is -0.524. The van der Waals surface area contributed by atoms with Gasteiger partial charge in [0, 0.05) is 6.42 Å². The van der Waals surface area contributed by atoms with Gasteiger partial charge in [-0.1, -0.05) is 162 Å². The summed E-state index contributed by atoms with van der Waals surface area (Å²) in [5.41, 5.74) is 0. The van der Waals surface area contributed by atoms with Gasteiger partial charge in [-0.3, -0.25) is 4.79 Å². The molecule has 0 spiro atoms. The summed E-state index contributed by atoms with van der Waals surface area (Å²) < 4.78 is 0. The molecule has 0 bridgehead atoms. The Kier molecular flexibility index (Phi) is 28.5. The second kappa shape index (κ2) is 29.0. The van der Waals surface area contributed by atoms with E-state index in [9.17, 15) is 15.0 Å². The maximum Gasteiger partial charge on any atom is 0.220 e. The fourth-order valence-corrected chi connectivity index (χ4v) is 5.06. The van der Waals surface area contributed by atoms with Crippen LogP contribution in [0.2, 0.25) is 0 Å². The van der Waals surface area contributed by atoms with Crippen molar-refractivity contribution in [3.63, 3.8) is 0 Å². The zero-order chi connectivity index (χ0) is 26.5. The number of aliphatic hydroxyl groups excluding tert-OH is 2. The van der Waals surface area contributed by atoms with E-state index < -0.39 is 12.1 Å². The molecule has 2 atom stereocenters. The number of aliphatic hydroxyl groups is 2. The number of nitrogens with one attached hydrogen (secondary N) is 1. The Morgan fingerprint density at radius 3 is 1.25 bits per heavy atom. The summed E-state index contributed by atoms with van der Waals surface area (Å²) in [7, 11) is 0. The summed E-state index contributed by atoms with van der Waals surface area (Å²) in [5, 5.41) is 22.7. The van der Waals surface area contributed by atoms with E-state index in [0.717, 1.165) is 25.7 Å². The van der Waals surface area contributed by atoms with Crippen molar-refractivity contribution >= 4 is 5.91 Å². The number of carbonyl (C=O) groups is 1. The van der Waals surface area contributed by atoms with Crippen molar-refractivity contribution in [2.24, 2.45) is 0 Å². The van der Waals surface area contributed by atoms with Crippen molar-refractivity contribution in [1.29, 1.82) is 0 Å². The first-order valence-electron chi connectivity index (χ1n) is 16.2. The largest absolute Gasteiger partial charge is 0.394 e. The maximum atomic E-state index is 12.2. The maximum absolute atomic E-state index is 12.2. The molecule has 4 nitrogen and oxygen atoms in total. The number of carbonyl (C=O) groups excluding carboxylic acids is 1. The highest BCUT2D eigenvalue weighted by Crippen LogP contribution is 2.15. The lowest BCUT2D eigenvalue weighted by atomic mass is 10.0. The molecule has 0 radical (unpaired) electrons. The lowest BCUT2D eigenvalue weighted by Crippen LogP contribution is -2.45. The third-order valence-corrected chi connectivity index (χ3v) is 7.62. The third kappa shape index (κ3) is 25.1. The lowest BCUT2D eigenvalue weighted by molar-refractivity contribution is -0.123. The van der Waals surface area contributed by atoms with Crippen LogP contribution in [0, 0.1) is 0 Å². The Bertz CT molecular complexity index is 443. The minimum Gasteiger partial charge on any atom is -0.394 e. The van der Waals surface area contributed by atoms with Gasteiger partial charge in [0.15, 0.2) is 0 Å². The van der Waals surface area contributed by atoms with E-state index in [2.05, 4.69) is 19.2 Å². The van der Waals surface area contributed by atoms with Gasteiger partial charge in [0.2, 0.25) is 5.91 Å². The average molecular weight is 512 g/mol. The molecule has 0 fully saturated rings. The van der Waals surface area contributed by atoms with E-state index in [0.29, 0.717) is 12.8 Å². The topological polar surface area (TPSA) is 69.6 Å². The van der Waals surface area contributed by atoms with E-state index in [1.165, 1.54) is 128 Å². The molecule has 0 aromatic rings. The minimum absolute atomic E-state index is 0.0361. The van der Waals surface area contributed by atoms with Crippen LogP contribution < -0.4 is 5.32 Å².